The summed E-state index contributed by atoms with van der Waals surface area (Å²) >= 11 is 0. The van der Waals surface area contributed by atoms with Crippen molar-refractivity contribution in [1.29, 1.82) is 0 Å². The molecule has 3 aromatic rings. The lowest BCUT2D eigenvalue weighted by Crippen LogP contribution is -2.43. The summed E-state index contributed by atoms with van der Waals surface area (Å²) in [6.45, 7) is 2.56. The number of benzene rings is 1. The monoisotopic (exact) mass is 419 g/mol. The number of ether oxygens (including phenoxy) is 2. The van der Waals surface area contributed by atoms with Gasteiger partial charge in [0.25, 0.3) is 5.56 Å². The summed E-state index contributed by atoms with van der Waals surface area (Å²) in [5.74, 6) is 1.03. The lowest BCUT2D eigenvalue weighted by molar-refractivity contribution is -0.140. The second-order valence-electron chi connectivity index (χ2n) is 8.29. The number of hydrogen-bond acceptors (Lipinski definition) is 7. The van der Waals surface area contributed by atoms with Gasteiger partial charge >= 0.3 is 0 Å². The van der Waals surface area contributed by atoms with Crippen LogP contribution in [0, 0.1) is 0 Å². The third-order valence-corrected chi connectivity index (χ3v) is 6.88. The van der Waals surface area contributed by atoms with E-state index < -0.39 is 5.60 Å². The Morgan fingerprint density at radius 3 is 2.68 bits per heavy atom. The molecule has 0 bridgehead atoms. The zero-order valence-electron chi connectivity index (χ0n) is 17.0. The van der Waals surface area contributed by atoms with Crippen LogP contribution in [0.4, 0.5) is 0 Å². The molecule has 0 radical (unpaired) electrons. The second-order valence-corrected chi connectivity index (χ2v) is 8.29. The first kappa shape index (κ1) is 18.5. The minimum atomic E-state index is -1.63. The molecule has 1 atom stereocenters. The molecular formula is C23H21N3O5. The Hall–Kier alpha value is -3.23. The number of carbonyl (C=O) groups excluding carboxylic acids is 1. The number of ketones is 1. The van der Waals surface area contributed by atoms with Crippen molar-refractivity contribution in [3.8, 4) is 22.9 Å². The summed E-state index contributed by atoms with van der Waals surface area (Å²) in [5.41, 5.74) is 9.01. The lowest BCUT2D eigenvalue weighted by Gasteiger charge is -2.32. The van der Waals surface area contributed by atoms with Crippen LogP contribution in [0.5, 0.6) is 11.5 Å². The van der Waals surface area contributed by atoms with E-state index in [0.29, 0.717) is 52.5 Å². The molecule has 0 amide bonds. The number of aromatic nitrogens is 2. The van der Waals surface area contributed by atoms with Gasteiger partial charge in [-0.05, 0) is 30.5 Å². The van der Waals surface area contributed by atoms with Crippen LogP contribution in [0.3, 0.4) is 0 Å². The molecule has 158 valence electrons. The summed E-state index contributed by atoms with van der Waals surface area (Å²) < 4.78 is 12.7. The highest BCUT2D eigenvalue weighted by Crippen LogP contribution is 2.43. The van der Waals surface area contributed by atoms with E-state index in [1.165, 1.54) is 0 Å². The van der Waals surface area contributed by atoms with Gasteiger partial charge in [0, 0.05) is 41.1 Å². The number of Topliss-reactive ketones (excluding diaryl/α,β-unsaturated/α-hetero) is 1. The van der Waals surface area contributed by atoms with Crippen LogP contribution in [0.1, 0.15) is 42.0 Å². The van der Waals surface area contributed by atoms with Crippen molar-refractivity contribution in [2.75, 3.05) is 6.79 Å². The summed E-state index contributed by atoms with van der Waals surface area (Å²) in [7, 11) is 0. The Bertz CT molecular complexity index is 1380. The molecule has 3 aliphatic rings. The minimum Gasteiger partial charge on any atom is -0.454 e. The fraction of sp³-hybridized carbons (Fsp3) is 0.348. The Labute approximate surface area is 177 Å². The van der Waals surface area contributed by atoms with Crippen LogP contribution in [-0.4, -0.2) is 27.2 Å². The molecule has 8 heteroatoms. The summed E-state index contributed by atoms with van der Waals surface area (Å²) in [6.07, 6.45) is 0.727. The van der Waals surface area contributed by atoms with E-state index in [1.807, 2.05) is 12.1 Å². The van der Waals surface area contributed by atoms with E-state index >= 15 is 0 Å². The molecule has 1 aromatic carbocycles. The summed E-state index contributed by atoms with van der Waals surface area (Å²) in [4.78, 5) is 30.8. The topological polar surface area (TPSA) is 117 Å². The van der Waals surface area contributed by atoms with Crippen molar-refractivity contribution < 1.29 is 19.4 Å². The van der Waals surface area contributed by atoms with Gasteiger partial charge in [0.1, 0.15) is 5.60 Å². The Balaban J connectivity index is 1.65. The molecule has 4 heterocycles. The van der Waals surface area contributed by atoms with E-state index in [-0.39, 0.29) is 37.5 Å². The maximum absolute atomic E-state index is 13.4. The largest absolute Gasteiger partial charge is 0.454 e. The van der Waals surface area contributed by atoms with Gasteiger partial charge in [-0.25, -0.2) is 4.98 Å². The van der Waals surface area contributed by atoms with Crippen LogP contribution in [-0.2, 0) is 29.9 Å². The van der Waals surface area contributed by atoms with Gasteiger partial charge in [-0.15, -0.1) is 0 Å². The fourth-order valence-corrected chi connectivity index (χ4v) is 5.17. The van der Waals surface area contributed by atoms with E-state index in [4.69, 9.17) is 20.2 Å². The van der Waals surface area contributed by atoms with Crippen molar-refractivity contribution >= 4 is 16.7 Å². The highest BCUT2D eigenvalue weighted by molar-refractivity contribution is 5.92. The Morgan fingerprint density at radius 2 is 1.94 bits per heavy atom. The number of fused-ring (bicyclic) bond motifs is 6. The predicted octanol–water partition coefficient (Wildman–Crippen LogP) is 1.73. The highest BCUT2D eigenvalue weighted by atomic mass is 16.7. The first-order valence-corrected chi connectivity index (χ1v) is 10.4. The van der Waals surface area contributed by atoms with Gasteiger partial charge in [-0.3, -0.25) is 9.59 Å². The molecule has 2 aromatic heterocycles. The Kier molecular flexibility index (Phi) is 3.68. The third-order valence-electron chi connectivity index (χ3n) is 6.88. The number of aliphatic hydroxyl groups is 1. The molecule has 0 saturated carbocycles. The summed E-state index contributed by atoms with van der Waals surface area (Å²) in [6, 6.07) is 5.48. The number of rotatable bonds is 2. The maximum Gasteiger partial charge on any atom is 0.254 e. The quantitative estimate of drug-likeness (QED) is 0.508. The smallest absolute Gasteiger partial charge is 0.254 e. The number of hydrogen-bond donors (Lipinski definition) is 2. The van der Waals surface area contributed by atoms with Crippen molar-refractivity contribution in [2.45, 2.75) is 44.9 Å². The number of nitrogens with two attached hydrogens (primary N) is 1. The predicted molar refractivity (Wildman–Crippen MR) is 112 cm³/mol. The molecule has 8 nitrogen and oxygen atoms in total. The molecule has 2 aliphatic heterocycles. The number of pyridine rings is 2. The standard InChI is InChI=1S/C23H21N3O5/c1-2-23(29)15-6-17-21-14(9-26(17)22(28)11(15)3-4-20(23)27)13(8-24)12-5-18-19(31-10-30-18)7-16(12)25-21/h5-7,29H,2-4,8-10,24H2,1H3/t23-/m0/s1. The third kappa shape index (κ3) is 2.29. The van der Waals surface area contributed by atoms with Crippen LogP contribution >= 0.6 is 0 Å². The Morgan fingerprint density at radius 1 is 1.16 bits per heavy atom. The molecule has 6 rings (SSSR count). The van der Waals surface area contributed by atoms with Gasteiger partial charge in [-0.1, -0.05) is 6.92 Å². The number of nitrogens with zero attached hydrogens (tertiary/aromatic N) is 2. The fourth-order valence-electron chi connectivity index (χ4n) is 5.17. The average molecular weight is 419 g/mol. The second kappa shape index (κ2) is 6.15. The SMILES string of the molecule is CC[C@@]1(O)C(=O)CCc2c1cc1n(c2=O)Cc2c-1nc1cc3c(cc1c2CN)OCO3. The molecule has 0 fully saturated rings. The molecule has 0 spiro atoms. The molecule has 0 saturated heterocycles. The van der Waals surface area contributed by atoms with Gasteiger partial charge in [-0.2, -0.15) is 0 Å². The van der Waals surface area contributed by atoms with Gasteiger partial charge in [0.05, 0.1) is 23.4 Å². The number of carbonyl (C=O) groups is 1. The zero-order valence-corrected chi connectivity index (χ0v) is 17.0. The first-order chi connectivity index (χ1) is 15.0. The van der Waals surface area contributed by atoms with E-state index in [0.717, 1.165) is 16.5 Å². The van der Waals surface area contributed by atoms with Crippen molar-refractivity contribution in [3.05, 3.63) is 50.8 Å². The molecule has 1 aliphatic carbocycles. The van der Waals surface area contributed by atoms with Gasteiger partial charge in [0.2, 0.25) is 6.79 Å². The van der Waals surface area contributed by atoms with Gasteiger partial charge in [0.15, 0.2) is 17.3 Å². The first-order valence-electron chi connectivity index (χ1n) is 10.4. The zero-order chi connectivity index (χ0) is 21.5. The lowest BCUT2D eigenvalue weighted by atomic mass is 9.77. The van der Waals surface area contributed by atoms with E-state index in [2.05, 4.69) is 0 Å². The van der Waals surface area contributed by atoms with Crippen molar-refractivity contribution in [2.24, 2.45) is 5.73 Å². The van der Waals surface area contributed by atoms with Crippen LogP contribution in [0.25, 0.3) is 22.3 Å². The minimum absolute atomic E-state index is 0.164. The molecule has 3 N–H and O–H groups in total. The molecule has 0 unspecified atom stereocenters. The average Bonchev–Trinajstić information content (AvgIpc) is 3.38. The van der Waals surface area contributed by atoms with E-state index in [9.17, 15) is 14.7 Å². The van der Waals surface area contributed by atoms with Crippen LogP contribution in [0.15, 0.2) is 23.0 Å². The maximum atomic E-state index is 13.4. The molecule has 31 heavy (non-hydrogen) atoms. The highest BCUT2D eigenvalue weighted by Gasteiger charge is 2.43. The van der Waals surface area contributed by atoms with Crippen LogP contribution < -0.4 is 20.8 Å². The van der Waals surface area contributed by atoms with E-state index in [1.54, 1.807) is 17.6 Å². The van der Waals surface area contributed by atoms with Crippen molar-refractivity contribution in [3.63, 3.8) is 0 Å². The van der Waals surface area contributed by atoms with Gasteiger partial charge < -0.3 is 24.9 Å². The van der Waals surface area contributed by atoms with Crippen molar-refractivity contribution in [1.82, 2.24) is 9.55 Å². The van der Waals surface area contributed by atoms with Crippen LogP contribution in [0.2, 0.25) is 0 Å². The molecular weight excluding hydrogens is 398 g/mol. The normalized spacial score (nSPS) is 20.7. The summed E-state index contributed by atoms with van der Waals surface area (Å²) in [5, 5.41) is 12.0.